The molecule has 2 aliphatic rings. The molecule has 1 amide bonds. The summed E-state index contributed by atoms with van der Waals surface area (Å²) in [5.74, 6) is -0.207. The van der Waals surface area contributed by atoms with Crippen LogP contribution in [0.2, 0.25) is 0 Å². The van der Waals surface area contributed by atoms with E-state index in [2.05, 4.69) is 29.3 Å². The number of rotatable bonds is 3. The number of benzene rings is 1. The molecule has 138 valence electrons. The molecule has 0 radical (unpaired) electrons. The third-order valence-electron chi connectivity index (χ3n) is 5.53. The predicted octanol–water partition coefficient (Wildman–Crippen LogP) is 0.810. The van der Waals surface area contributed by atoms with E-state index in [0.717, 1.165) is 13.1 Å². The highest BCUT2D eigenvalue weighted by Crippen LogP contribution is 2.31. The second-order valence-corrected chi connectivity index (χ2v) is 9.41. The summed E-state index contributed by atoms with van der Waals surface area (Å²) in [5.41, 5.74) is 2.41. The quantitative estimate of drug-likeness (QED) is 0.858. The molecule has 2 aliphatic heterocycles. The number of hydrogen-bond acceptors (Lipinski definition) is 5. The summed E-state index contributed by atoms with van der Waals surface area (Å²) in [6.07, 6.45) is 1.94. The van der Waals surface area contributed by atoms with Gasteiger partial charge in [0.15, 0.2) is 14.6 Å². The summed E-state index contributed by atoms with van der Waals surface area (Å²) in [6, 6.07) is 8.22. The normalized spacial score (nSPS) is 21.2. The molecule has 3 rings (SSSR count). The van der Waals surface area contributed by atoms with Crippen molar-refractivity contribution in [2.24, 2.45) is 0 Å². The number of hydrogen-bond donors (Lipinski definition) is 1. The van der Waals surface area contributed by atoms with Crippen LogP contribution in [0.15, 0.2) is 24.3 Å². The molecular weight excluding hydrogens is 338 g/mol. The molecule has 25 heavy (non-hydrogen) atoms. The lowest BCUT2D eigenvalue weighted by Crippen LogP contribution is -2.61. The Hall–Kier alpha value is -1.60. The smallest absolute Gasteiger partial charge is 0.244 e. The highest BCUT2D eigenvalue weighted by atomic mass is 32.2. The number of para-hydroxylation sites is 1. The molecule has 2 heterocycles. The van der Waals surface area contributed by atoms with Crippen molar-refractivity contribution >= 4 is 21.4 Å². The first kappa shape index (κ1) is 18.2. The van der Waals surface area contributed by atoms with Crippen molar-refractivity contribution in [1.82, 2.24) is 10.2 Å². The van der Waals surface area contributed by atoms with Gasteiger partial charge < -0.3 is 15.1 Å². The van der Waals surface area contributed by atoms with Gasteiger partial charge in [0.1, 0.15) is 0 Å². The van der Waals surface area contributed by atoms with Crippen molar-refractivity contribution in [2.45, 2.75) is 24.5 Å². The number of aryl methyl sites for hydroxylation is 1. The van der Waals surface area contributed by atoms with Crippen LogP contribution in [0, 0.1) is 6.92 Å². The maximum absolute atomic E-state index is 13.1. The van der Waals surface area contributed by atoms with Gasteiger partial charge in [0.2, 0.25) is 5.91 Å². The van der Waals surface area contributed by atoms with E-state index in [1.54, 1.807) is 4.90 Å². The Morgan fingerprint density at radius 1 is 1.08 bits per heavy atom. The molecule has 0 aromatic heterocycles. The van der Waals surface area contributed by atoms with Gasteiger partial charge >= 0.3 is 0 Å². The van der Waals surface area contributed by atoms with Crippen LogP contribution in [0.4, 0.5) is 5.69 Å². The first-order valence-corrected chi connectivity index (χ1v) is 10.7. The van der Waals surface area contributed by atoms with Gasteiger partial charge in [-0.25, -0.2) is 8.42 Å². The van der Waals surface area contributed by atoms with Crippen LogP contribution in [-0.4, -0.2) is 69.5 Å². The fourth-order valence-corrected chi connectivity index (χ4v) is 5.32. The van der Waals surface area contributed by atoms with E-state index in [9.17, 15) is 13.2 Å². The van der Waals surface area contributed by atoms with Crippen molar-refractivity contribution in [1.29, 1.82) is 0 Å². The standard InChI is InChI=1S/C18H27N3O3S/c1-15-5-3-4-6-16(15)20-11-13-21(14-12-20)17(22)18(25(2,23)24)7-9-19-10-8-18/h3-6,19H,7-14H2,1-2H3. The highest BCUT2D eigenvalue weighted by Gasteiger charge is 2.50. The fraction of sp³-hybridized carbons (Fsp3) is 0.611. The van der Waals surface area contributed by atoms with Crippen LogP contribution < -0.4 is 10.2 Å². The number of sulfone groups is 1. The number of nitrogens with zero attached hydrogens (tertiary/aromatic N) is 2. The molecule has 7 heteroatoms. The van der Waals surface area contributed by atoms with Crippen LogP contribution in [0.5, 0.6) is 0 Å². The molecule has 1 aromatic rings. The van der Waals surface area contributed by atoms with E-state index in [1.807, 2.05) is 12.1 Å². The van der Waals surface area contributed by atoms with Crippen LogP contribution in [-0.2, 0) is 14.6 Å². The minimum Gasteiger partial charge on any atom is -0.368 e. The van der Waals surface area contributed by atoms with E-state index in [0.29, 0.717) is 39.0 Å². The molecule has 6 nitrogen and oxygen atoms in total. The van der Waals surface area contributed by atoms with E-state index in [-0.39, 0.29) is 5.91 Å². The lowest BCUT2D eigenvalue weighted by Gasteiger charge is -2.42. The number of amides is 1. The van der Waals surface area contributed by atoms with E-state index >= 15 is 0 Å². The minimum absolute atomic E-state index is 0.207. The molecule has 2 fully saturated rings. The largest absolute Gasteiger partial charge is 0.368 e. The molecule has 0 bridgehead atoms. The molecular formula is C18H27N3O3S. The number of piperazine rings is 1. The van der Waals surface area contributed by atoms with Crippen molar-refractivity contribution < 1.29 is 13.2 Å². The minimum atomic E-state index is -3.45. The Balaban J connectivity index is 1.73. The average Bonchev–Trinajstić information content (AvgIpc) is 2.61. The van der Waals surface area contributed by atoms with E-state index < -0.39 is 14.6 Å². The third-order valence-corrected chi connectivity index (χ3v) is 7.54. The molecule has 0 saturated carbocycles. The third kappa shape index (κ3) is 3.40. The first-order chi connectivity index (χ1) is 11.8. The van der Waals surface area contributed by atoms with E-state index in [1.165, 1.54) is 17.5 Å². The van der Waals surface area contributed by atoms with Gasteiger partial charge in [-0.15, -0.1) is 0 Å². The number of anilines is 1. The van der Waals surface area contributed by atoms with Gasteiger partial charge in [0.05, 0.1) is 0 Å². The number of piperidine rings is 1. The summed E-state index contributed by atoms with van der Waals surface area (Å²) in [5, 5.41) is 3.16. The molecule has 0 atom stereocenters. The Labute approximate surface area is 150 Å². The molecule has 0 aliphatic carbocycles. The predicted molar refractivity (Wildman–Crippen MR) is 99.7 cm³/mol. The lowest BCUT2D eigenvalue weighted by atomic mass is 9.94. The Morgan fingerprint density at radius 2 is 1.68 bits per heavy atom. The summed E-state index contributed by atoms with van der Waals surface area (Å²) in [6.45, 7) is 5.82. The number of nitrogens with one attached hydrogen (secondary N) is 1. The van der Waals surface area contributed by atoms with Crippen molar-refractivity contribution in [3.05, 3.63) is 29.8 Å². The Bertz CT molecular complexity index is 734. The fourth-order valence-electron chi connectivity index (χ4n) is 3.93. The van der Waals surface area contributed by atoms with Gasteiger partial charge in [-0.1, -0.05) is 18.2 Å². The maximum Gasteiger partial charge on any atom is 0.244 e. The molecule has 1 aromatic carbocycles. The highest BCUT2D eigenvalue weighted by molar-refractivity contribution is 7.92. The zero-order valence-electron chi connectivity index (χ0n) is 15.0. The zero-order chi connectivity index (χ0) is 18.1. The van der Waals surface area contributed by atoms with Gasteiger partial charge in [-0.3, -0.25) is 4.79 Å². The number of carbonyl (C=O) groups is 1. The number of carbonyl (C=O) groups excluding carboxylic acids is 1. The van der Waals surface area contributed by atoms with Gasteiger partial charge in [-0.05, 0) is 44.5 Å². The SMILES string of the molecule is Cc1ccccc1N1CCN(C(=O)C2(S(C)(=O)=O)CCNCC2)CC1. The van der Waals surface area contributed by atoms with Crippen molar-refractivity contribution in [2.75, 3.05) is 50.4 Å². The second-order valence-electron chi connectivity index (χ2n) is 7.08. The van der Waals surface area contributed by atoms with Crippen LogP contribution >= 0.6 is 0 Å². The molecule has 1 N–H and O–H groups in total. The van der Waals surface area contributed by atoms with Crippen LogP contribution in [0.25, 0.3) is 0 Å². The maximum atomic E-state index is 13.1. The molecule has 2 saturated heterocycles. The molecule has 0 unspecified atom stereocenters. The summed E-state index contributed by atoms with van der Waals surface area (Å²) in [4.78, 5) is 17.2. The van der Waals surface area contributed by atoms with Gasteiger partial charge in [-0.2, -0.15) is 0 Å². The Morgan fingerprint density at radius 3 is 2.24 bits per heavy atom. The van der Waals surface area contributed by atoms with Crippen LogP contribution in [0.3, 0.4) is 0 Å². The molecule has 0 spiro atoms. The van der Waals surface area contributed by atoms with Gasteiger partial charge in [0, 0.05) is 38.1 Å². The monoisotopic (exact) mass is 365 g/mol. The topological polar surface area (TPSA) is 69.7 Å². The van der Waals surface area contributed by atoms with E-state index in [4.69, 9.17) is 0 Å². The summed E-state index contributed by atoms with van der Waals surface area (Å²) >= 11 is 0. The van der Waals surface area contributed by atoms with Crippen molar-refractivity contribution in [3.63, 3.8) is 0 Å². The zero-order valence-corrected chi connectivity index (χ0v) is 15.8. The van der Waals surface area contributed by atoms with Crippen molar-refractivity contribution in [3.8, 4) is 0 Å². The summed E-state index contributed by atoms with van der Waals surface area (Å²) < 4.78 is 23.6. The first-order valence-electron chi connectivity index (χ1n) is 8.85. The second kappa shape index (κ2) is 6.96. The van der Waals surface area contributed by atoms with Crippen LogP contribution in [0.1, 0.15) is 18.4 Å². The lowest BCUT2D eigenvalue weighted by molar-refractivity contribution is -0.135. The summed E-state index contributed by atoms with van der Waals surface area (Å²) in [7, 11) is -3.45. The average molecular weight is 365 g/mol. The van der Waals surface area contributed by atoms with Gasteiger partial charge in [0.25, 0.3) is 0 Å². The Kier molecular flexibility index (Phi) is 5.06.